The highest BCUT2D eigenvalue weighted by Gasteiger charge is 2.31. The van der Waals surface area contributed by atoms with Crippen molar-refractivity contribution in [1.82, 2.24) is 0 Å². The van der Waals surface area contributed by atoms with Crippen molar-refractivity contribution in [3.63, 3.8) is 0 Å². The molecule has 1 saturated heterocycles. The SMILES string of the molecule is Cc1ccc(I)cc1NCC1CCC(C)(C)O1. The van der Waals surface area contributed by atoms with Gasteiger partial charge in [0.2, 0.25) is 0 Å². The van der Waals surface area contributed by atoms with Gasteiger partial charge in [-0.1, -0.05) is 6.07 Å². The van der Waals surface area contributed by atoms with Crippen LogP contribution in [0.4, 0.5) is 5.69 Å². The number of anilines is 1. The highest BCUT2D eigenvalue weighted by Crippen LogP contribution is 2.29. The van der Waals surface area contributed by atoms with E-state index in [2.05, 4.69) is 66.9 Å². The summed E-state index contributed by atoms with van der Waals surface area (Å²) in [5, 5.41) is 3.50. The molecule has 0 aromatic heterocycles. The first-order chi connectivity index (χ1) is 7.96. The van der Waals surface area contributed by atoms with E-state index in [0.717, 1.165) is 19.4 Å². The van der Waals surface area contributed by atoms with E-state index in [-0.39, 0.29) is 5.60 Å². The van der Waals surface area contributed by atoms with Gasteiger partial charge in [0.1, 0.15) is 0 Å². The molecule has 0 spiro atoms. The molecular weight excluding hydrogens is 325 g/mol. The van der Waals surface area contributed by atoms with Crippen LogP contribution in [0.15, 0.2) is 18.2 Å². The number of hydrogen-bond donors (Lipinski definition) is 1. The maximum atomic E-state index is 5.98. The molecular formula is C14H20INO. The predicted molar refractivity (Wildman–Crippen MR) is 80.6 cm³/mol. The van der Waals surface area contributed by atoms with Crippen molar-refractivity contribution >= 4 is 28.3 Å². The highest BCUT2D eigenvalue weighted by molar-refractivity contribution is 14.1. The molecule has 0 aliphatic carbocycles. The molecule has 94 valence electrons. The summed E-state index contributed by atoms with van der Waals surface area (Å²) in [6, 6.07) is 6.48. The van der Waals surface area contributed by atoms with Crippen LogP contribution in [0.2, 0.25) is 0 Å². The number of nitrogens with one attached hydrogen (secondary N) is 1. The Labute approximate surface area is 117 Å². The van der Waals surface area contributed by atoms with E-state index < -0.39 is 0 Å². The zero-order chi connectivity index (χ0) is 12.5. The lowest BCUT2D eigenvalue weighted by atomic mass is 10.1. The summed E-state index contributed by atoms with van der Waals surface area (Å²) in [5.74, 6) is 0. The summed E-state index contributed by atoms with van der Waals surface area (Å²) in [7, 11) is 0. The first-order valence-electron chi connectivity index (χ1n) is 6.14. The molecule has 1 N–H and O–H groups in total. The Morgan fingerprint density at radius 2 is 2.24 bits per heavy atom. The number of rotatable bonds is 3. The molecule has 0 bridgehead atoms. The van der Waals surface area contributed by atoms with E-state index in [1.54, 1.807) is 0 Å². The van der Waals surface area contributed by atoms with Crippen molar-refractivity contribution in [2.24, 2.45) is 0 Å². The molecule has 1 aromatic carbocycles. The Bertz CT molecular complexity index is 403. The maximum absolute atomic E-state index is 5.98. The van der Waals surface area contributed by atoms with Crippen LogP contribution in [0, 0.1) is 10.5 Å². The average molecular weight is 345 g/mol. The molecule has 2 nitrogen and oxygen atoms in total. The van der Waals surface area contributed by atoms with Crippen molar-refractivity contribution in [2.45, 2.75) is 45.3 Å². The van der Waals surface area contributed by atoms with Gasteiger partial charge in [-0.25, -0.2) is 0 Å². The van der Waals surface area contributed by atoms with Crippen molar-refractivity contribution in [2.75, 3.05) is 11.9 Å². The molecule has 1 heterocycles. The Balaban J connectivity index is 1.92. The highest BCUT2D eigenvalue weighted by atomic mass is 127. The summed E-state index contributed by atoms with van der Waals surface area (Å²) in [5.41, 5.74) is 2.58. The van der Waals surface area contributed by atoms with Gasteiger partial charge in [0.15, 0.2) is 0 Å². The fourth-order valence-corrected chi connectivity index (χ4v) is 2.72. The van der Waals surface area contributed by atoms with E-state index in [9.17, 15) is 0 Å². The maximum Gasteiger partial charge on any atom is 0.0755 e. The number of halogens is 1. The number of benzene rings is 1. The zero-order valence-electron chi connectivity index (χ0n) is 10.7. The molecule has 0 amide bonds. The normalized spacial score (nSPS) is 22.7. The first kappa shape index (κ1) is 13.1. The van der Waals surface area contributed by atoms with Gasteiger partial charge in [0.05, 0.1) is 11.7 Å². The zero-order valence-corrected chi connectivity index (χ0v) is 12.9. The summed E-state index contributed by atoms with van der Waals surface area (Å²) in [6.07, 6.45) is 2.66. The van der Waals surface area contributed by atoms with Gasteiger partial charge >= 0.3 is 0 Å². The van der Waals surface area contributed by atoms with Crippen molar-refractivity contribution < 1.29 is 4.74 Å². The van der Waals surface area contributed by atoms with Crippen LogP contribution < -0.4 is 5.32 Å². The van der Waals surface area contributed by atoms with E-state index in [0.29, 0.717) is 6.10 Å². The lowest BCUT2D eigenvalue weighted by molar-refractivity contribution is -0.00911. The van der Waals surface area contributed by atoms with Gasteiger partial charge in [-0.05, 0) is 73.9 Å². The fraction of sp³-hybridized carbons (Fsp3) is 0.571. The van der Waals surface area contributed by atoms with Crippen LogP contribution in [0.3, 0.4) is 0 Å². The molecule has 0 saturated carbocycles. The molecule has 0 radical (unpaired) electrons. The minimum Gasteiger partial charge on any atom is -0.382 e. The van der Waals surface area contributed by atoms with Crippen molar-refractivity contribution in [3.8, 4) is 0 Å². The minimum atomic E-state index is 0.0620. The summed E-state index contributed by atoms with van der Waals surface area (Å²) in [4.78, 5) is 0. The van der Waals surface area contributed by atoms with Gasteiger partial charge in [-0.3, -0.25) is 0 Å². The monoisotopic (exact) mass is 345 g/mol. The summed E-state index contributed by atoms with van der Waals surface area (Å²) in [6.45, 7) is 7.38. The van der Waals surface area contributed by atoms with Crippen LogP contribution in [-0.4, -0.2) is 18.2 Å². The molecule has 1 fully saturated rings. The van der Waals surface area contributed by atoms with Crippen LogP contribution in [0.5, 0.6) is 0 Å². The Kier molecular flexibility index (Phi) is 3.98. The van der Waals surface area contributed by atoms with Gasteiger partial charge in [0, 0.05) is 15.8 Å². The molecule has 1 aromatic rings. The average Bonchev–Trinajstić information content (AvgIpc) is 2.60. The Hall–Kier alpha value is -0.290. The van der Waals surface area contributed by atoms with Crippen LogP contribution in [0.1, 0.15) is 32.3 Å². The quantitative estimate of drug-likeness (QED) is 0.837. The van der Waals surface area contributed by atoms with Gasteiger partial charge < -0.3 is 10.1 Å². The summed E-state index contributed by atoms with van der Waals surface area (Å²) < 4.78 is 7.24. The van der Waals surface area contributed by atoms with Crippen LogP contribution in [-0.2, 0) is 4.74 Å². The fourth-order valence-electron chi connectivity index (χ4n) is 2.23. The second-order valence-electron chi connectivity index (χ2n) is 5.38. The van der Waals surface area contributed by atoms with E-state index in [4.69, 9.17) is 4.74 Å². The molecule has 1 unspecified atom stereocenters. The standard InChI is InChI=1S/C14H20INO/c1-10-4-5-11(15)8-13(10)16-9-12-6-7-14(2,3)17-12/h4-5,8,12,16H,6-7,9H2,1-3H3. The topological polar surface area (TPSA) is 21.3 Å². The summed E-state index contributed by atoms with van der Waals surface area (Å²) >= 11 is 2.34. The largest absolute Gasteiger partial charge is 0.382 e. The van der Waals surface area contributed by atoms with Gasteiger partial charge in [-0.15, -0.1) is 0 Å². The number of ether oxygens (including phenoxy) is 1. The number of hydrogen-bond acceptors (Lipinski definition) is 2. The Morgan fingerprint density at radius 3 is 2.88 bits per heavy atom. The van der Waals surface area contributed by atoms with Gasteiger partial charge in [-0.2, -0.15) is 0 Å². The smallest absolute Gasteiger partial charge is 0.0755 e. The third kappa shape index (κ3) is 3.58. The van der Waals surface area contributed by atoms with Gasteiger partial charge in [0.25, 0.3) is 0 Å². The van der Waals surface area contributed by atoms with Crippen molar-refractivity contribution in [1.29, 1.82) is 0 Å². The Morgan fingerprint density at radius 1 is 1.47 bits per heavy atom. The first-order valence-corrected chi connectivity index (χ1v) is 7.22. The molecule has 1 aliphatic rings. The predicted octanol–water partition coefficient (Wildman–Crippen LogP) is 3.97. The molecule has 2 rings (SSSR count). The molecule has 3 heteroatoms. The van der Waals surface area contributed by atoms with Crippen LogP contribution in [0.25, 0.3) is 0 Å². The number of aryl methyl sites for hydroxylation is 1. The van der Waals surface area contributed by atoms with E-state index in [1.807, 2.05) is 0 Å². The minimum absolute atomic E-state index is 0.0620. The van der Waals surface area contributed by atoms with E-state index in [1.165, 1.54) is 14.8 Å². The van der Waals surface area contributed by atoms with Crippen LogP contribution >= 0.6 is 22.6 Å². The lowest BCUT2D eigenvalue weighted by Crippen LogP contribution is -2.25. The second kappa shape index (κ2) is 5.14. The van der Waals surface area contributed by atoms with E-state index >= 15 is 0 Å². The third-order valence-corrected chi connectivity index (χ3v) is 3.94. The molecule has 1 aliphatic heterocycles. The lowest BCUT2D eigenvalue weighted by Gasteiger charge is -2.20. The molecule has 1 atom stereocenters. The third-order valence-electron chi connectivity index (χ3n) is 3.27. The second-order valence-corrected chi connectivity index (χ2v) is 6.62. The molecule has 17 heavy (non-hydrogen) atoms. The van der Waals surface area contributed by atoms with Crippen molar-refractivity contribution in [3.05, 3.63) is 27.3 Å².